The Labute approximate surface area is 107 Å². The van der Waals surface area contributed by atoms with Crippen LogP contribution in [0.25, 0.3) is 0 Å². The van der Waals surface area contributed by atoms with Crippen molar-refractivity contribution < 1.29 is 4.74 Å². The van der Waals surface area contributed by atoms with E-state index in [1.165, 1.54) is 0 Å². The van der Waals surface area contributed by atoms with Gasteiger partial charge in [0.25, 0.3) is 0 Å². The van der Waals surface area contributed by atoms with Gasteiger partial charge in [0.05, 0.1) is 0 Å². The van der Waals surface area contributed by atoms with Gasteiger partial charge in [0.15, 0.2) is 0 Å². The lowest BCUT2D eigenvalue weighted by Crippen LogP contribution is -2.15. The Morgan fingerprint density at radius 3 is 2.39 bits per heavy atom. The first-order valence-electron chi connectivity index (χ1n) is 6.08. The predicted octanol–water partition coefficient (Wildman–Crippen LogP) is 2.83. The average Bonchev–Trinajstić information content (AvgIpc) is 2.40. The van der Waals surface area contributed by atoms with E-state index in [0.29, 0.717) is 6.54 Å². The van der Waals surface area contributed by atoms with Crippen LogP contribution in [-0.4, -0.2) is 6.54 Å². The van der Waals surface area contributed by atoms with Gasteiger partial charge >= 0.3 is 0 Å². The first-order chi connectivity index (χ1) is 8.79. The summed E-state index contributed by atoms with van der Waals surface area (Å²) in [5, 5.41) is 0. The van der Waals surface area contributed by atoms with Gasteiger partial charge in [-0.1, -0.05) is 30.3 Å². The van der Waals surface area contributed by atoms with E-state index in [1.807, 2.05) is 54.6 Å². The molecule has 0 aliphatic rings. The second-order valence-corrected chi connectivity index (χ2v) is 4.17. The van der Waals surface area contributed by atoms with Crippen molar-refractivity contribution in [2.75, 3.05) is 6.54 Å². The van der Waals surface area contributed by atoms with Crippen LogP contribution in [0.4, 0.5) is 0 Å². The molecule has 0 amide bonds. The van der Waals surface area contributed by atoms with E-state index in [-0.39, 0.29) is 6.04 Å². The van der Waals surface area contributed by atoms with Crippen molar-refractivity contribution in [3.63, 3.8) is 0 Å². The third kappa shape index (κ3) is 3.32. The molecule has 1 atom stereocenters. The molecule has 3 nitrogen and oxygen atoms in total. The number of hydrogen-bond acceptors (Lipinski definition) is 3. The summed E-state index contributed by atoms with van der Waals surface area (Å²) in [6.45, 7) is 0.588. The second-order valence-electron chi connectivity index (χ2n) is 4.17. The first-order valence-corrected chi connectivity index (χ1v) is 6.08. The molecule has 0 bridgehead atoms. The van der Waals surface area contributed by atoms with E-state index in [2.05, 4.69) is 0 Å². The van der Waals surface area contributed by atoms with Crippen LogP contribution in [0.3, 0.4) is 0 Å². The van der Waals surface area contributed by atoms with Crippen molar-refractivity contribution in [1.29, 1.82) is 0 Å². The second kappa shape index (κ2) is 6.19. The molecule has 0 spiro atoms. The van der Waals surface area contributed by atoms with Crippen molar-refractivity contribution in [1.82, 2.24) is 0 Å². The molecule has 0 heterocycles. The smallest absolute Gasteiger partial charge is 0.127 e. The summed E-state index contributed by atoms with van der Waals surface area (Å²) in [6.07, 6.45) is 0.773. The van der Waals surface area contributed by atoms with Crippen molar-refractivity contribution in [2.45, 2.75) is 12.5 Å². The maximum Gasteiger partial charge on any atom is 0.127 e. The topological polar surface area (TPSA) is 61.3 Å². The third-order valence-corrected chi connectivity index (χ3v) is 2.74. The standard InChI is InChI=1S/C15H18N2O/c16-10-9-15(17)12-5-4-8-14(11-12)18-13-6-2-1-3-7-13/h1-8,11,15H,9-10,16-17H2/t15-/m1/s1. The molecular formula is C15H18N2O. The largest absolute Gasteiger partial charge is 0.457 e. The highest BCUT2D eigenvalue weighted by atomic mass is 16.5. The summed E-state index contributed by atoms with van der Waals surface area (Å²) in [5.41, 5.74) is 12.6. The highest BCUT2D eigenvalue weighted by Gasteiger charge is 2.06. The summed E-state index contributed by atoms with van der Waals surface area (Å²) in [6, 6.07) is 17.5. The predicted molar refractivity (Wildman–Crippen MR) is 73.6 cm³/mol. The minimum atomic E-state index is -0.0330. The normalized spacial score (nSPS) is 12.1. The van der Waals surface area contributed by atoms with Crippen LogP contribution in [0.2, 0.25) is 0 Å². The zero-order chi connectivity index (χ0) is 12.8. The van der Waals surface area contributed by atoms with E-state index in [1.54, 1.807) is 0 Å². The zero-order valence-corrected chi connectivity index (χ0v) is 10.3. The van der Waals surface area contributed by atoms with Gasteiger partial charge in [-0.25, -0.2) is 0 Å². The molecule has 0 unspecified atom stereocenters. The fourth-order valence-electron chi connectivity index (χ4n) is 1.78. The molecule has 18 heavy (non-hydrogen) atoms. The highest BCUT2D eigenvalue weighted by Crippen LogP contribution is 2.24. The molecule has 0 aromatic heterocycles. The van der Waals surface area contributed by atoms with Gasteiger partial charge in [0.2, 0.25) is 0 Å². The number of rotatable bonds is 5. The number of ether oxygens (including phenoxy) is 1. The lowest BCUT2D eigenvalue weighted by molar-refractivity contribution is 0.481. The van der Waals surface area contributed by atoms with E-state index in [9.17, 15) is 0 Å². The van der Waals surface area contributed by atoms with Crippen LogP contribution in [0.15, 0.2) is 54.6 Å². The van der Waals surface area contributed by atoms with Crippen LogP contribution >= 0.6 is 0 Å². The quantitative estimate of drug-likeness (QED) is 0.847. The van der Waals surface area contributed by atoms with E-state index < -0.39 is 0 Å². The highest BCUT2D eigenvalue weighted by molar-refractivity contribution is 5.34. The van der Waals surface area contributed by atoms with E-state index in [0.717, 1.165) is 23.5 Å². The van der Waals surface area contributed by atoms with Crippen LogP contribution < -0.4 is 16.2 Å². The summed E-state index contributed by atoms with van der Waals surface area (Å²) in [4.78, 5) is 0. The van der Waals surface area contributed by atoms with Gasteiger partial charge < -0.3 is 16.2 Å². The average molecular weight is 242 g/mol. The Bertz CT molecular complexity index is 485. The van der Waals surface area contributed by atoms with Gasteiger partial charge in [0.1, 0.15) is 11.5 Å². The fourth-order valence-corrected chi connectivity index (χ4v) is 1.78. The summed E-state index contributed by atoms with van der Waals surface area (Å²) in [7, 11) is 0. The third-order valence-electron chi connectivity index (χ3n) is 2.74. The van der Waals surface area contributed by atoms with E-state index in [4.69, 9.17) is 16.2 Å². The minimum absolute atomic E-state index is 0.0330. The molecule has 94 valence electrons. The fraction of sp³-hybridized carbons (Fsp3) is 0.200. The summed E-state index contributed by atoms with van der Waals surface area (Å²) < 4.78 is 5.76. The molecule has 0 radical (unpaired) electrons. The summed E-state index contributed by atoms with van der Waals surface area (Å²) in [5.74, 6) is 1.62. The molecule has 3 heteroatoms. The van der Waals surface area contributed by atoms with Gasteiger partial charge in [-0.3, -0.25) is 0 Å². The summed E-state index contributed by atoms with van der Waals surface area (Å²) >= 11 is 0. The van der Waals surface area contributed by atoms with Crippen molar-refractivity contribution in [3.05, 3.63) is 60.2 Å². The van der Waals surface area contributed by atoms with Gasteiger partial charge in [-0.15, -0.1) is 0 Å². The van der Waals surface area contributed by atoms with Crippen LogP contribution in [0.1, 0.15) is 18.0 Å². The number of nitrogens with two attached hydrogens (primary N) is 2. The maximum absolute atomic E-state index is 6.03. The van der Waals surface area contributed by atoms with Crippen LogP contribution in [0, 0.1) is 0 Å². The molecule has 4 N–H and O–H groups in total. The molecule has 2 aromatic rings. The lowest BCUT2D eigenvalue weighted by atomic mass is 10.0. The number of hydrogen-bond donors (Lipinski definition) is 2. The van der Waals surface area contributed by atoms with E-state index >= 15 is 0 Å². The van der Waals surface area contributed by atoms with Crippen LogP contribution in [-0.2, 0) is 0 Å². The molecule has 0 fully saturated rings. The van der Waals surface area contributed by atoms with Crippen LogP contribution in [0.5, 0.6) is 11.5 Å². The van der Waals surface area contributed by atoms with Crippen molar-refractivity contribution >= 4 is 0 Å². The number of para-hydroxylation sites is 1. The Kier molecular flexibility index (Phi) is 4.34. The first kappa shape index (κ1) is 12.6. The Hall–Kier alpha value is -1.84. The maximum atomic E-state index is 6.03. The Morgan fingerprint density at radius 2 is 1.67 bits per heavy atom. The zero-order valence-electron chi connectivity index (χ0n) is 10.3. The molecule has 2 rings (SSSR count). The minimum Gasteiger partial charge on any atom is -0.457 e. The molecule has 0 aliphatic carbocycles. The lowest BCUT2D eigenvalue weighted by Gasteiger charge is -2.12. The Balaban J connectivity index is 2.12. The SMILES string of the molecule is NCC[C@@H](N)c1cccc(Oc2ccccc2)c1. The Morgan fingerprint density at radius 1 is 0.944 bits per heavy atom. The van der Waals surface area contributed by atoms with Gasteiger partial charge in [0, 0.05) is 6.04 Å². The van der Waals surface area contributed by atoms with Crippen molar-refractivity contribution in [3.8, 4) is 11.5 Å². The molecule has 0 saturated carbocycles. The van der Waals surface area contributed by atoms with Crippen molar-refractivity contribution in [2.24, 2.45) is 11.5 Å². The monoisotopic (exact) mass is 242 g/mol. The molecule has 0 aliphatic heterocycles. The molecule has 2 aromatic carbocycles. The number of benzene rings is 2. The van der Waals surface area contributed by atoms with Gasteiger partial charge in [-0.2, -0.15) is 0 Å². The molecular weight excluding hydrogens is 224 g/mol. The molecule has 0 saturated heterocycles. The van der Waals surface area contributed by atoms with Gasteiger partial charge in [-0.05, 0) is 42.8 Å².